The first kappa shape index (κ1) is 18.1. The molecule has 3 saturated carbocycles. The Bertz CT molecular complexity index is 543. The van der Waals surface area contributed by atoms with Gasteiger partial charge in [-0.2, -0.15) is 0 Å². The molecule has 0 heterocycles. The van der Waals surface area contributed by atoms with Crippen molar-refractivity contribution >= 4 is 5.78 Å². The molecule has 0 aromatic rings. The molecule has 0 spiro atoms. The van der Waals surface area contributed by atoms with Gasteiger partial charge >= 0.3 is 0 Å². The van der Waals surface area contributed by atoms with Crippen molar-refractivity contribution in [3.05, 3.63) is 12.7 Å². The average Bonchev–Trinajstić information content (AvgIpc) is 2.89. The molecule has 24 heavy (non-hydrogen) atoms. The van der Waals surface area contributed by atoms with Crippen LogP contribution in [0.4, 0.5) is 0 Å². The molecule has 8 atom stereocenters. The molecule has 3 aliphatic carbocycles. The smallest absolute Gasteiger partial charge is 0.137 e. The van der Waals surface area contributed by atoms with Crippen LogP contribution < -0.4 is 0 Å². The second-order valence-corrected chi connectivity index (χ2v) is 9.31. The maximum atomic E-state index is 13.0. The minimum Gasteiger partial charge on any atom is -0.392 e. The van der Waals surface area contributed by atoms with Crippen molar-refractivity contribution in [1.82, 2.24) is 0 Å². The van der Waals surface area contributed by atoms with E-state index in [0.717, 1.165) is 19.3 Å². The van der Waals surface area contributed by atoms with Crippen molar-refractivity contribution in [3.8, 4) is 0 Å². The second-order valence-electron chi connectivity index (χ2n) is 9.31. The zero-order valence-electron chi connectivity index (χ0n) is 16.0. The zero-order chi connectivity index (χ0) is 17.9. The first-order chi connectivity index (χ1) is 11.2. The minimum absolute atomic E-state index is 0.0176. The summed E-state index contributed by atoms with van der Waals surface area (Å²) in [7, 11) is 1.77. The quantitative estimate of drug-likeness (QED) is 0.777. The molecule has 3 heteroatoms. The number of rotatable bonds is 2. The summed E-state index contributed by atoms with van der Waals surface area (Å²) in [5.41, 5.74) is -0.663. The Hall–Kier alpha value is -0.670. The molecule has 3 nitrogen and oxygen atoms in total. The lowest BCUT2D eigenvalue weighted by Crippen LogP contribution is -2.62. The number of carbonyl (C=O) groups is 1. The van der Waals surface area contributed by atoms with Crippen LogP contribution in [-0.2, 0) is 9.53 Å². The Morgan fingerprint density at radius 2 is 1.96 bits per heavy atom. The number of carbonyl (C=O) groups excluding carboxylic acids is 1. The Morgan fingerprint density at radius 1 is 1.29 bits per heavy atom. The topological polar surface area (TPSA) is 46.5 Å². The van der Waals surface area contributed by atoms with Crippen LogP contribution in [0.5, 0.6) is 0 Å². The van der Waals surface area contributed by atoms with Crippen molar-refractivity contribution in [2.45, 2.75) is 72.0 Å². The van der Waals surface area contributed by atoms with Gasteiger partial charge in [0.2, 0.25) is 0 Å². The Labute approximate surface area is 146 Å². The molecule has 0 aromatic heterocycles. The highest BCUT2D eigenvalue weighted by atomic mass is 16.5. The van der Waals surface area contributed by atoms with E-state index < -0.39 is 6.10 Å². The van der Waals surface area contributed by atoms with Crippen LogP contribution in [0.2, 0.25) is 0 Å². The highest BCUT2D eigenvalue weighted by Crippen LogP contribution is 2.67. The fourth-order valence-electron chi connectivity index (χ4n) is 6.82. The van der Waals surface area contributed by atoms with Crippen LogP contribution in [0.15, 0.2) is 12.7 Å². The molecule has 3 fully saturated rings. The van der Waals surface area contributed by atoms with Gasteiger partial charge in [0.05, 0.1) is 12.2 Å². The van der Waals surface area contributed by atoms with Gasteiger partial charge in [0.15, 0.2) is 0 Å². The van der Waals surface area contributed by atoms with Crippen LogP contribution in [0.25, 0.3) is 0 Å². The molecular weight excluding hydrogens is 300 g/mol. The fraction of sp³-hybridized carbons (Fsp3) is 0.857. The van der Waals surface area contributed by atoms with Crippen molar-refractivity contribution in [3.63, 3.8) is 0 Å². The number of ketones is 1. The third-order valence-corrected chi connectivity index (χ3v) is 8.54. The molecule has 0 amide bonds. The van der Waals surface area contributed by atoms with E-state index in [1.54, 1.807) is 7.11 Å². The van der Waals surface area contributed by atoms with Crippen molar-refractivity contribution in [2.75, 3.05) is 7.11 Å². The largest absolute Gasteiger partial charge is 0.392 e. The van der Waals surface area contributed by atoms with E-state index in [1.807, 2.05) is 6.08 Å². The normalized spacial score (nSPS) is 54.8. The predicted molar refractivity (Wildman–Crippen MR) is 95.6 cm³/mol. The third kappa shape index (κ3) is 2.07. The van der Waals surface area contributed by atoms with Gasteiger partial charge in [-0.15, -0.1) is 6.58 Å². The van der Waals surface area contributed by atoms with Crippen LogP contribution in [0.1, 0.15) is 59.8 Å². The van der Waals surface area contributed by atoms with E-state index in [0.29, 0.717) is 24.5 Å². The Morgan fingerprint density at radius 3 is 2.54 bits per heavy atom. The number of aliphatic hydroxyl groups excluding tert-OH is 1. The van der Waals surface area contributed by atoms with E-state index in [4.69, 9.17) is 4.74 Å². The number of hydrogen-bond donors (Lipinski definition) is 1. The predicted octanol–water partition coefficient (Wildman–Crippen LogP) is 4.00. The first-order valence-corrected chi connectivity index (χ1v) is 9.54. The van der Waals surface area contributed by atoms with E-state index in [1.165, 1.54) is 0 Å². The Balaban J connectivity index is 2.22. The summed E-state index contributed by atoms with van der Waals surface area (Å²) in [6, 6.07) is 0. The molecule has 1 N–H and O–H groups in total. The molecule has 0 aromatic carbocycles. The highest BCUT2D eigenvalue weighted by molar-refractivity contribution is 5.85. The number of Topliss-reactive ketones (excluding diaryl/α,β-unsaturated/α-hetero) is 1. The summed E-state index contributed by atoms with van der Waals surface area (Å²) < 4.78 is 5.99. The van der Waals surface area contributed by atoms with Gasteiger partial charge in [-0.1, -0.05) is 33.8 Å². The lowest BCUT2D eigenvalue weighted by molar-refractivity contribution is -0.196. The summed E-state index contributed by atoms with van der Waals surface area (Å²) in [6.07, 6.45) is 5.82. The highest BCUT2D eigenvalue weighted by Gasteiger charge is 2.67. The van der Waals surface area contributed by atoms with E-state index in [9.17, 15) is 9.90 Å². The lowest BCUT2D eigenvalue weighted by Gasteiger charge is -2.62. The third-order valence-electron chi connectivity index (χ3n) is 8.54. The summed E-state index contributed by atoms with van der Waals surface area (Å²) in [4.78, 5) is 13.0. The maximum absolute atomic E-state index is 13.0. The summed E-state index contributed by atoms with van der Waals surface area (Å²) in [6.45, 7) is 12.9. The Kier molecular flexibility index (Phi) is 4.28. The monoisotopic (exact) mass is 334 g/mol. The molecule has 3 rings (SSSR count). The van der Waals surface area contributed by atoms with Gasteiger partial charge in [0, 0.05) is 30.3 Å². The average molecular weight is 334 g/mol. The minimum atomic E-state index is -0.507. The van der Waals surface area contributed by atoms with E-state index >= 15 is 0 Å². The molecule has 136 valence electrons. The zero-order valence-corrected chi connectivity index (χ0v) is 16.0. The molecule has 0 aliphatic heterocycles. The molecule has 2 unspecified atom stereocenters. The second kappa shape index (κ2) is 5.67. The SMILES string of the molecule is C=C[C@]1(C)C[C@@H](O)[C@@]2(C)C3C(=O)CCC3(CC[C@H]2C)[C@@H](C)[C@@H]1OC. The van der Waals surface area contributed by atoms with Gasteiger partial charge in [0.25, 0.3) is 0 Å². The van der Waals surface area contributed by atoms with Crippen molar-refractivity contribution < 1.29 is 14.6 Å². The molecule has 0 saturated heterocycles. The van der Waals surface area contributed by atoms with E-state index in [2.05, 4.69) is 34.3 Å². The van der Waals surface area contributed by atoms with Crippen LogP contribution in [0.3, 0.4) is 0 Å². The van der Waals surface area contributed by atoms with Gasteiger partial charge in [-0.05, 0) is 42.9 Å². The fourth-order valence-corrected chi connectivity index (χ4v) is 6.82. The molecule has 3 aliphatic rings. The summed E-state index contributed by atoms with van der Waals surface area (Å²) in [5, 5.41) is 11.3. The number of aliphatic hydroxyl groups is 1. The number of ether oxygens (including phenoxy) is 1. The summed E-state index contributed by atoms with van der Waals surface area (Å²) in [5.74, 6) is 0.965. The lowest BCUT2D eigenvalue weighted by atomic mass is 9.44. The van der Waals surface area contributed by atoms with Gasteiger partial charge in [-0.25, -0.2) is 0 Å². The number of hydrogen-bond acceptors (Lipinski definition) is 3. The van der Waals surface area contributed by atoms with E-state index in [-0.39, 0.29) is 34.2 Å². The van der Waals surface area contributed by atoms with Gasteiger partial charge in [0.1, 0.15) is 5.78 Å². The first-order valence-electron chi connectivity index (χ1n) is 9.54. The number of methoxy groups -OCH3 is 1. The van der Waals surface area contributed by atoms with Crippen LogP contribution in [0, 0.1) is 34.0 Å². The summed E-state index contributed by atoms with van der Waals surface area (Å²) >= 11 is 0. The van der Waals surface area contributed by atoms with Crippen LogP contribution in [-0.4, -0.2) is 30.2 Å². The van der Waals surface area contributed by atoms with Crippen molar-refractivity contribution in [2.24, 2.45) is 34.0 Å². The van der Waals surface area contributed by atoms with Crippen molar-refractivity contribution in [1.29, 1.82) is 0 Å². The molecule has 0 radical (unpaired) electrons. The standard InChI is InChI=1S/C21H34O3/c1-7-19(4)12-16(23)20(5)13(2)8-10-21(14(3)18(19)24-6)11-9-15(22)17(20)21/h7,13-14,16-18,23H,1,8-12H2,2-6H3/t13-,14+,16-,17?,18+,19-,20+,21?/m1/s1. The van der Waals surface area contributed by atoms with Gasteiger partial charge < -0.3 is 9.84 Å². The molecular formula is C21H34O3. The van der Waals surface area contributed by atoms with Gasteiger partial charge in [-0.3, -0.25) is 4.79 Å². The maximum Gasteiger partial charge on any atom is 0.137 e. The van der Waals surface area contributed by atoms with Crippen LogP contribution >= 0.6 is 0 Å². The molecule has 2 bridgehead atoms.